The molecule has 0 saturated carbocycles. The van der Waals surface area contributed by atoms with Crippen molar-refractivity contribution >= 4 is 22.0 Å². The molecule has 0 fully saturated rings. The average Bonchev–Trinajstić information content (AvgIpc) is 2.36. The largest absolute Gasteiger partial charge is 0.486 e. The highest BCUT2D eigenvalue weighted by atomic mass is 79.9. The summed E-state index contributed by atoms with van der Waals surface area (Å²) in [6.45, 7) is 3.86. The Balaban J connectivity index is 2.53. The molecule has 0 aliphatic carbocycles. The predicted molar refractivity (Wildman–Crippen MR) is 72.6 cm³/mol. The molecule has 1 aromatic rings. The van der Waals surface area contributed by atoms with Gasteiger partial charge in [-0.1, -0.05) is 19.1 Å². The number of hydrogen-bond acceptors (Lipinski definition) is 3. The topological polar surface area (TPSA) is 44.5 Å². The molecule has 3 nitrogen and oxygen atoms in total. The second-order valence-corrected chi connectivity index (χ2v) is 4.63. The maximum atomic E-state index is 5.73. The van der Waals surface area contributed by atoms with E-state index in [2.05, 4.69) is 28.9 Å². The Bertz CT molecular complexity index is 444. The van der Waals surface area contributed by atoms with Crippen LogP contribution in [0, 0.1) is 0 Å². The van der Waals surface area contributed by atoms with E-state index in [4.69, 9.17) is 15.2 Å². The van der Waals surface area contributed by atoms with Crippen LogP contribution in [0.4, 0.5) is 0 Å². The van der Waals surface area contributed by atoms with Crippen LogP contribution in [0.2, 0.25) is 0 Å². The number of hydrogen-bond donors (Lipinski definition) is 1. The van der Waals surface area contributed by atoms with Crippen molar-refractivity contribution in [3.8, 4) is 11.5 Å². The lowest BCUT2D eigenvalue weighted by molar-refractivity contribution is 0.169. The van der Waals surface area contributed by atoms with Crippen LogP contribution in [0.3, 0.4) is 0 Å². The Kier molecular flexibility index (Phi) is 4.07. The van der Waals surface area contributed by atoms with E-state index >= 15 is 0 Å². The van der Waals surface area contributed by atoms with Crippen molar-refractivity contribution in [2.75, 3.05) is 19.8 Å². The molecular weight excluding hydrogens is 282 g/mol. The van der Waals surface area contributed by atoms with E-state index in [0.29, 0.717) is 19.8 Å². The number of rotatable bonds is 3. The van der Waals surface area contributed by atoms with Crippen LogP contribution in [0.15, 0.2) is 16.6 Å². The third-order valence-electron chi connectivity index (χ3n) is 2.69. The quantitative estimate of drug-likeness (QED) is 0.933. The molecule has 1 aliphatic heterocycles. The highest BCUT2D eigenvalue weighted by Gasteiger charge is 2.20. The van der Waals surface area contributed by atoms with E-state index in [1.165, 1.54) is 5.56 Å². The van der Waals surface area contributed by atoms with E-state index in [9.17, 15) is 0 Å². The van der Waals surface area contributed by atoms with Gasteiger partial charge in [-0.3, -0.25) is 0 Å². The zero-order chi connectivity index (χ0) is 12.3. The highest BCUT2D eigenvalue weighted by Crippen LogP contribution is 2.42. The number of nitrogens with two attached hydrogens (primary N) is 1. The van der Waals surface area contributed by atoms with Gasteiger partial charge in [0.2, 0.25) is 0 Å². The lowest BCUT2D eigenvalue weighted by Crippen LogP contribution is -2.17. The minimum atomic E-state index is 0.537. The first-order valence-electron chi connectivity index (χ1n) is 5.75. The number of benzene rings is 1. The van der Waals surface area contributed by atoms with Crippen LogP contribution in [0.5, 0.6) is 11.5 Å². The van der Waals surface area contributed by atoms with E-state index in [0.717, 1.165) is 28.0 Å². The van der Waals surface area contributed by atoms with Crippen LogP contribution in [0.1, 0.15) is 18.1 Å². The number of halogens is 1. The van der Waals surface area contributed by atoms with Gasteiger partial charge in [0.1, 0.15) is 13.2 Å². The zero-order valence-electron chi connectivity index (χ0n) is 9.83. The van der Waals surface area contributed by atoms with E-state index < -0.39 is 0 Å². The highest BCUT2D eigenvalue weighted by molar-refractivity contribution is 9.10. The van der Waals surface area contributed by atoms with E-state index in [1.54, 1.807) is 0 Å². The third kappa shape index (κ3) is 2.48. The summed E-state index contributed by atoms with van der Waals surface area (Å²) < 4.78 is 12.3. The monoisotopic (exact) mass is 297 g/mol. The number of ether oxygens (including phenoxy) is 2. The first kappa shape index (κ1) is 12.5. The summed E-state index contributed by atoms with van der Waals surface area (Å²) in [4.78, 5) is 0. The van der Waals surface area contributed by atoms with E-state index in [1.807, 2.05) is 12.2 Å². The first-order chi connectivity index (χ1) is 8.27. The molecule has 1 heterocycles. The van der Waals surface area contributed by atoms with Crippen LogP contribution in [0.25, 0.3) is 6.08 Å². The summed E-state index contributed by atoms with van der Waals surface area (Å²) in [5, 5.41) is 0. The van der Waals surface area contributed by atoms with Gasteiger partial charge in [-0.15, -0.1) is 0 Å². The Morgan fingerprint density at radius 1 is 1.35 bits per heavy atom. The Labute approximate surface area is 110 Å². The van der Waals surface area contributed by atoms with Gasteiger partial charge in [-0.05, 0) is 34.0 Å². The predicted octanol–water partition coefficient (Wildman–Crippen LogP) is 2.75. The molecular formula is C13H16BrNO2. The summed E-state index contributed by atoms with van der Waals surface area (Å²) in [7, 11) is 0. The smallest absolute Gasteiger partial charge is 0.175 e. The average molecular weight is 298 g/mol. The van der Waals surface area contributed by atoms with Gasteiger partial charge >= 0.3 is 0 Å². The molecule has 1 aliphatic rings. The van der Waals surface area contributed by atoms with Crippen LogP contribution < -0.4 is 15.2 Å². The van der Waals surface area contributed by atoms with E-state index in [-0.39, 0.29) is 0 Å². The molecule has 92 valence electrons. The van der Waals surface area contributed by atoms with Crippen molar-refractivity contribution in [1.29, 1.82) is 0 Å². The lowest BCUT2D eigenvalue weighted by atomic mass is 10.0. The lowest BCUT2D eigenvalue weighted by Gasteiger charge is -2.23. The molecule has 17 heavy (non-hydrogen) atoms. The van der Waals surface area contributed by atoms with Gasteiger partial charge in [0, 0.05) is 12.1 Å². The first-order valence-corrected chi connectivity index (χ1v) is 6.54. The Morgan fingerprint density at radius 2 is 2.06 bits per heavy atom. The fourth-order valence-corrected chi connectivity index (χ4v) is 2.49. The normalized spacial score (nSPS) is 14.3. The fourth-order valence-electron chi connectivity index (χ4n) is 1.95. The van der Waals surface area contributed by atoms with Crippen LogP contribution >= 0.6 is 15.9 Å². The molecule has 0 radical (unpaired) electrons. The van der Waals surface area contributed by atoms with Gasteiger partial charge in [0.25, 0.3) is 0 Å². The standard InChI is InChI=1S/C13H16BrNO2/c1-2-10-9(4-3-5-15)8-11(14)13-12(10)16-6-7-17-13/h3-4,8H,2,5-7,15H2,1H3/b4-3+. The second kappa shape index (κ2) is 5.56. The van der Waals surface area contributed by atoms with Gasteiger partial charge in [0.15, 0.2) is 11.5 Å². The zero-order valence-corrected chi connectivity index (χ0v) is 11.4. The van der Waals surface area contributed by atoms with Gasteiger partial charge in [0.05, 0.1) is 4.47 Å². The van der Waals surface area contributed by atoms with Crippen molar-refractivity contribution in [2.45, 2.75) is 13.3 Å². The van der Waals surface area contributed by atoms with Crippen molar-refractivity contribution in [2.24, 2.45) is 5.73 Å². The molecule has 0 atom stereocenters. The molecule has 0 unspecified atom stereocenters. The molecule has 0 bridgehead atoms. The molecule has 0 amide bonds. The molecule has 2 rings (SSSR count). The molecule has 0 aromatic heterocycles. The van der Waals surface area contributed by atoms with Gasteiger partial charge in [-0.25, -0.2) is 0 Å². The minimum absolute atomic E-state index is 0.537. The van der Waals surface area contributed by atoms with Crippen LogP contribution in [-0.4, -0.2) is 19.8 Å². The Morgan fingerprint density at radius 3 is 2.71 bits per heavy atom. The van der Waals surface area contributed by atoms with Crippen molar-refractivity contribution in [3.05, 3.63) is 27.7 Å². The maximum Gasteiger partial charge on any atom is 0.175 e. The molecule has 2 N–H and O–H groups in total. The molecule has 1 aromatic carbocycles. The molecule has 4 heteroatoms. The molecule has 0 spiro atoms. The SMILES string of the molecule is CCc1c(/C=C/CN)cc(Br)c2c1OCCO2. The third-order valence-corrected chi connectivity index (χ3v) is 3.28. The van der Waals surface area contributed by atoms with Crippen LogP contribution in [-0.2, 0) is 6.42 Å². The summed E-state index contributed by atoms with van der Waals surface area (Å²) in [6, 6.07) is 2.05. The van der Waals surface area contributed by atoms with Crippen molar-refractivity contribution in [3.63, 3.8) is 0 Å². The second-order valence-electron chi connectivity index (χ2n) is 3.77. The minimum Gasteiger partial charge on any atom is -0.486 e. The summed E-state index contributed by atoms with van der Waals surface area (Å²) in [5.41, 5.74) is 7.80. The fraction of sp³-hybridized carbons (Fsp3) is 0.385. The van der Waals surface area contributed by atoms with Crippen molar-refractivity contribution in [1.82, 2.24) is 0 Å². The van der Waals surface area contributed by atoms with Gasteiger partial charge in [-0.2, -0.15) is 0 Å². The summed E-state index contributed by atoms with van der Waals surface area (Å²) in [5.74, 6) is 1.68. The van der Waals surface area contributed by atoms with Gasteiger partial charge < -0.3 is 15.2 Å². The van der Waals surface area contributed by atoms with Crippen molar-refractivity contribution < 1.29 is 9.47 Å². The summed E-state index contributed by atoms with van der Waals surface area (Å²) in [6.07, 6.45) is 4.88. The Hall–Kier alpha value is -1.00. The molecule has 0 saturated heterocycles. The number of fused-ring (bicyclic) bond motifs is 1. The summed E-state index contributed by atoms with van der Waals surface area (Å²) >= 11 is 3.52. The maximum absolute atomic E-state index is 5.73.